The molecule has 0 spiro atoms. The van der Waals surface area contributed by atoms with Gasteiger partial charge in [-0.15, -0.1) is 0 Å². The summed E-state index contributed by atoms with van der Waals surface area (Å²) >= 11 is 1.55. The van der Waals surface area contributed by atoms with Crippen molar-refractivity contribution in [1.29, 1.82) is 0 Å². The summed E-state index contributed by atoms with van der Waals surface area (Å²) in [4.78, 5) is 25.6. The summed E-state index contributed by atoms with van der Waals surface area (Å²) in [5.41, 5.74) is 5.39. The molecule has 5 aromatic rings. The van der Waals surface area contributed by atoms with Gasteiger partial charge >= 0.3 is 0 Å². The number of ether oxygens (including phenoxy) is 2. The van der Waals surface area contributed by atoms with E-state index in [-0.39, 0.29) is 30.4 Å². The summed E-state index contributed by atoms with van der Waals surface area (Å²) in [6, 6.07) is 23.1. The minimum absolute atomic E-state index is 0.00352. The van der Waals surface area contributed by atoms with E-state index < -0.39 is 6.29 Å². The molecule has 6 rings (SSSR count). The number of hydrogen-bond acceptors (Lipinski definition) is 9. The Morgan fingerprint density at radius 1 is 0.951 bits per heavy atom. The van der Waals surface area contributed by atoms with Gasteiger partial charge < -0.3 is 19.9 Å². The van der Waals surface area contributed by atoms with Crippen molar-refractivity contribution in [2.75, 3.05) is 5.75 Å². The zero-order valence-electron chi connectivity index (χ0n) is 22.0. The van der Waals surface area contributed by atoms with Crippen LogP contribution in [0.5, 0.6) is 0 Å². The zero-order valence-corrected chi connectivity index (χ0v) is 22.8. The number of carbonyl (C=O) groups is 1. The number of nitrogens with zero attached hydrogens (tertiary/aromatic N) is 4. The van der Waals surface area contributed by atoms with Gasteiger partial charge in [0.15, 0.2) is 11.4 Å². The Labute approximate surface area is 240 Å². The summed E-state index contributed by atoms with van der Waals surface area (Å²) in [5.74, 6) is 0.399. The summed E-state index contributed by atoms with van der Waals surface area (Å²) in [7, 11) is 0. The molecule has 10 nitrogen and oxygen atoms in total. The Bertz CT molecular complexity index is 1600. The van der Waals surface area contributed by atoms with Crippen LogP contribution in [0.3, 0.4) is 0 Å². The molecule has 1 amide bonds. The number of nitrogens with one attached hydrogen (secondary N) is 2. The van der Waals surface area contributed by atoms with Gasteiger partial charge in [-0.2, -0.15) is 5.10 Å². The molecule has 0 unspecified atom stereocenters. The van der Waals surface area contributed by atoms with Crippen molar-refractivity contribution in [1.82, 2.24) is 30.5 Å². The van der Waals surface area contributed by atoms with Crippen molar-refractivity contribution >= 4 is 28.7 Å². The lowest BCUT2D eigenvalue weighted by Crippen LogP contribution is -2.31. The van der Waals surface area contributed by atoms with Crippen molar-refractivity contribution in [2.45, 2.75) is 43.2 Å². The number of H-pyrrole nitrogens is 1. The van der Waals surface area contributed by atoms with Crippen LogP contribution in [-0.2, 0) is 22.6 Å². The molecule has 0 saturated carbocycles. The first-order valence-electron chi connectivity index (χ1n) is 13.2. The molecule has 1 aliphatic heterocycles. The Morgan fingerprint density at radius 3 is 2.46 bits per heavy atom. The summed E-state index contributed by atoms with van der Waals surface area (Å²) in [6.07, 6.45) is 2.82. The number of carbonyl (C=O) groups excluding carboxylic acids is 1. The molecule has 3 atom stereocenters. The molecule has 0 aliphatic carbocycles. The Kier molecular flexibility index (Phi) is 8.28. The molecule has 0 radical (unpaired) electrons. The molecular weight excluding hydrogens is 540 g/mol. The lowest BCUT2D eigenvalue weighted by molar-refractivity contribution is -0.245. The number of aliphatic hydroxyl groups excluding tert-OH is 1. The van der Waals surface area contributed by atoms with Gasteiger partial charge in [-0.25, -0.2) is 9.97 Å². The second-order valence-corrected chi connectivity index (χ2v) is 10.6. The SMILES string of the molecule is O=C(NCc1ccc([C@@H]2O[C@H](CSc3ncn[nH]3)C[C@H](c3ccc(CO)cc3)O2)cc1)c1cnc2ccccc2n1. The number of thioether (sulfide) groups is 1. The molecule has 1 saturated heterocycles. The van der Waals surface area contributed by atoms with Crippen LogP contribution in [0.25, 0.3) is 11.0 Å². The van der Waals surface area contributed by atoms with Gasteiger partial charge in [-0.05, 0) is 28.8 Å². The third-order valence-corrected chi connectivity index (χ3v) is 7.81. The highest BCUT2D eigenvalue weighted by molar-refractivity contribution is 7.99. The van der Waals surface area contributed by atoms with E-state index in [1.807, 2.05) is 72.8 Å². The second kappa shape index (κ2) is 12.6. The van der Waals surface area contributed by atoms with Gasteiger partial charge in [0.2, 0.25) is 0 Å². The highest BCUT2D eigenvalue weighted by atomic mass is 32.2. The number of fused-ring (bicyclic) bond motifs is 1. The standard InChI is InChI=1S/C30H28N6O4S/c37-16-20-7-9-21(10-8-20)27-13-23(17-41-30-33-18-34-36-30)39-29(40-27)22-11-5-19(6-12-22)14-32-28(38)26-15-31-24-3-1-2-4-25(24)35-26/h1-12,15,18,23,27,29,37H,13-14,16-17H2,(H,32,38)(H,33,34,36)/t23-,27+,29+/m0/s1. The maximum Gasteiger partial charge on any atom is 0.271 e. The van der Waals surface area contributed by atoms with Crippen LogP contribution in [0, 0.1) is 0 Å². The minimum atomic E-state index is -0.567. The van der Waals surface area contributed by atoms with Crippen molar-refractivity contribution in [2.24, 2.45) is 0 Å². The van der Waals surface area contributed by atoms with E-state index in [1.54, 1.807) is 11.8 Å². The molecule has 208 valence electrons. The van der Waals surface area contributed by atoms with Crippen LogP contribution in [-0.4, -0.2) is 48.0 Å². The van der Waals surface area contributed by atoms with E-state index in [0.29, 0.717) is 24.2 Å². The Balaban J connectivity index is 1.12. The molecule has 3 aromatic carbocycles. The number of para-hydroxylation sites is 2. The van der Waals surface area contributed by atoms with Crippen LogP contribution in [0.15, 0.2) is 90.5 Å². The van der Waals surface area contributed by atoms with Crippen LogP contribution in [0.2, 0.25) is 0 Å². The van der Waals surface area contributed by atoms with Crippen LogP contribution in [0.4, 0.5) is 0 Å². The smallest absolute Gasteiger partial charge is 0.271 e. The van der Waals surface area contributed by atoms with E-state index >= 15 is 0 Å². The average Bonchev–Trinajstić information content (AvgIpc) is 3.56. The summed E-state index contributed by atoms with van der Waals surface area (Å²) in [5, 5.41) is 19.9. The topological polar surface area (TPSA) is 135 Å². The van der Waals surface area contributed by atoms with Crippen molar-refractivity contribution in [3.63, 3.8) is 0 Å². The first kappa shape index (κ1) is 27.0. The largest absolute Gasteiger partial charge is 0.392 e. The number of benzene rings is 3. The molecule has 1 aliphatic rings. The fraction of sp³-hybridized carbons (Fsp3) is 0.233. The lowest BCUT2D eigenvalue weighted by atomic mass is 10.0. The Hall–Kier alpha value is -4.16. The molecular formula is C30H28N6O4S. The molecule has 0 bridgehead atoms. The third-order valence-electron chi connectivity index (χ3n) is 6.80. The minimum Gasteiger partial charge on any atom is -0.392 e. The number of aromatic amines is 1. The lowest BCUT2D eigenvalue weighted by Gasteiger charge is -2.36. The van der Waals surface area contributed by atoms with Crippen molar-refractivity contribution in [3.8, 4) is 0 Å². The number of rotatable bonds is 9. The highest BCUT2D eigenvalue weighted by Crippen LogP contribution is 2.39. The quantitative estimate of drug-likeness (QED) is 0.220. The number of amides is 1. The van der Waals surface area contributed by atoms with E-state index in [1.165, 1.54) is 12.5 Å². The number of aliphatic hydroxyl groups is 1. The first-order valence-corrected chi connectivity index (χ1v) is 14.2. The molecule has 11 heteroatoms. The van der Waals surface area contributed by atoms with Gasteiger partial charge in [0, 0.05) is 24.3 Å². The third kappa shape index (κ3) is 6.60. The number of hydrogen-bond donors (Lipinski definition) is 3. The highest BCUT2D eigenvalue weighted by Gasteiger charge is 2.32. The van der Waals surface area contributed by atoms with Gasteiger partial charge in [0.25, 0.3) is 5.91 Å². The molecule has 41 heavy (non-hydrogen) atoms. The summed E-state index contributed by atoms with van der Waals surface area (Å²) in [6.45, 7) is 0.340. The van der Waals surface area contributed by atoms with Gasteiger partial charge in [0.05, 0.1) is 36.0 Å². The summed E-state index contributed by atoms with van der Waals surface area (Å²) < 4.78 is 12.8. The zero-order chi connectivity index (χ0) is 28.0. The van der Waals surface area contributed by atoms with E-state index in [4.69, 9.17) is 9.47 Å². The van der Waals surface area contributed by atoms with Gasteiger partial charge in [0.1, 0.15) is 12.0 Å². The maximum atomic E-state index is 12.7. The van der Waals surface area contributed by atoms with Crippen LogP contribution in [0.1, 0.15) is 51.6 Å². The van der Waals surface area contributed by atoms with Crippen molar-refractivity contribution < 1.29 is 19.4 Å². The number of aromatic nitrogens is 5. The molecule has 2 aromatic heterocycles. The fourth-order valence-electron chi connectivity index (χ4n) is 4.59. The van der Waals surface area contributed by atoms with Crippen molar-refractivity contribution in [3.05, 3.63) is 113 Å². The second-order valence-electron chi connectivity index (χ2n) is 9.62. The monoisotopic (exact) mass is 568 g/mol. The first-order chi connectivity index (χ1) is 20.1. The fourth-order valence-corrected chi connectivity index (χ4v) is 5.39. The predicted octanol–water partition coefficient (Wildman–Crippen LogP) is 4.51. The van der Waals surface area contributed by atoms with Gasteiger partial charge in [-0.1, -0.05) is 72.4 Å². The van der Waals surface area contributed by atoms with Gasteiger partial charge in [-0.3, -0.25) is 14.9 Å². The van der Waals surface area contributed by atoms with Crippen LogP contribution >= 0.6 is 11.8 Å². The van der Waals surface area contributed by atoms with E-state index in [2.05, 4.69) is 30.5 Å². The Morgan fingerprint density at radius 2 is 1.71 bits per heavy atom. The van der Waals surface area contributed by atoms with Crippen LogP contribution < -0.4 is 5.32 Å². The molecule has 3 N–H and O–H groups in total. The average molecular weight is 569 g/mol. The van der Waals surface area contributed by atoms with E-state index in [0.717, 1.165) is 32.9 Å². The molecule has 3 heterocycles. The normalized spacial score (nSPS) is 18.8. The molecule has 1 fully saturated rings. The maximum absolute atomic E-state index is 12.7. The predicted molar refractivity (Wildman–Crippen MR) is 153 cm³/mol. The van der Waals surface area contributed by atoms with E-state index in [9.17, 15) is 9.90 Å².